The Morgan fingerprint density at radius 1 is 1.29 bits per heavy atom. The van der Waals surface area contributed by atoms with Gasteiger partial charge < -0.3 is 4.90 Å². The van der Waals surface area contributed by atoms with Crippen LogP contribution in [0.1, 0.15) is 26.7 Å². The monoisotopic (exact) mass is 228 g/mol. The first-order chi connectivity index (χ1) is 7.98. The highest BCUT2D eigenvalue weighted by Gasteiger charge is 2.34. The van der Waals surface area contributed by atoms with Crippen LogP contribution in [0.3, 0.4) is 0 Å². The highest BCUT2D eigenvalue weighted by atomic mass is 15.2. The summed E-state index contributed by atoms with van der Waals surface area (Å²) in [5, 5.41) is 0. The Morgan fingerprint density at radius 2 is 2.00 bits per heavy atom. The maximum atomic E-state index is 4.66. The van der Waals surface area contributed by atoms with Gasteiger partial charge in [0.1, 0.15) is 5.84 Å². The molecule has 17 heavy (non-hydrogen) atoms. The second kappa shape index (κ2) is 4.02. The molecule has 0 atom stereocenters. The first-order valence-corrected chi connectivity index (χ1v) is 6.02. The van der Waals surface area contributed by atoms with Crippen LogP contribution >= 0.6 is 0 Å². The van der Waals surface area contributed by atoms with E-state index in [9.17, 15) is 0 Å². The molecular formula is C15H20N2. The van der Waals surface area contributed by atoms with Crippen molar-refractivity contribution < 1.29 is 0 Å². The summed E-state index contributed by atoms with van der Waals surface area (Å²) in [7, 11) is 0. The summed E-state index contributed by atoms with van der Waals surface area (Å²) in [4.78, 5) is 6.89. The molecule has 1 saturated heterocycles. The Bertz CT molecular complexity index is 450. The maximum Gasteiger partial charge on any atom is 0.109 e. The highest BCUT2D eigenvalue weighted by molar-refractivity contribution is 5.88. The summed E-state index contributed by atoms with van der Waals surface area (Å²) >= 11 is 0. The Kier molecular flexibility index (Phi) is 2.82. The van der Waals surface area contributed by atoms with Gasteiger partial charge >= 0.3 is 0 Å². The fourth-order valence-electron chi connectivity index (χ4n) is 2.42. The number of hydrogen-bond donors (Lipinski definition) is 0. The van der Waals surface area contributed by atoms with E-state index in [1.165, 1.54) is 6.42 Å². The highest BCUT2D eigenvalue weighted by Crippen LogP contribution is 2.36. The SMILES string of the molecule is C=CC1=C(C=C)C(=C)N2CC(C)(C)CCC2=N1. The summed E-state index contributed by atoms with van der Waals surface area (Å²) in [5.74, 6) is 1.12. The van der Waals surface area contributed by atoms with Crippen LogP contribution in [0.25, 0.3) is 0 Å². The summed E-state index contributed by atoms with van der Waals surface area (Å²) in [6.45, 7) is 17.4. The van der Waals surface area contributed by atoms with Crippen molar-refractivity contribution in [2.45, 2.75) is 26.7 Å². The van der Waals surface area contributed by atoms with Gasteiger partial charge in [-0.1, -0.05) is 39.7 Å². The maximum absolute atomic E-state index is 4.66. The van der Waals surface area contributed by atoms with Crippen LogP contribution in [0.5, 0.6) is 0 Å². The van der Waals surface area contributed by atoms with E-state index in [0.717, 1.165) is 35.8 Å². The lowest BCUT2D eigenvalue weighted by Gasteiger charge is -2.43. The average molecular weight is 228 g/mol. The van der Waals surface area contributed by atoms with Crippen molar-refractivity contribution in [1.29, 1.82) is 0 Å². The van der Waals surface area contributed by atoms with Crippen molar-refractivity contribution in [3.8, 4) is 0 Å². The number of hydrogen-bond acceptors (Lipinski definition) is 2. The molecule has 90 valence electrons. The van der Waals surface area contributed by atoms with Crippen molar-refractivity contribution in [3.05, 3.63) is 48.9 Å². The lowest BCUT2D eigenvalue weighted by Crippen LogP contribution is -2.44. The predicted molar refractivity (Wildman–Crippen MR) is 73.7 cm³/mol. The molecule has 0 bridgehead atoms. The Balaban J connectivity index is 2.42. The molecular weight excluding hydrogens is 208 g/mol. The molecule has 0 unspecified atom stereocenters. The lowest BCUT2D eigenvalue weighted by molar-refractivity contribution is 0.235. The lowest BCUT2D eigenvalue weighted by atomic mass is 9.82. The van der Waals surface area contributed by atoms with Crippen LogP contribution in [0.15, 0.2) is 53.8 Å². The van der Waals surface area contributed by atoms with E-state index in [1.807, 2.05) is 6.08 Å². The molecule has 0 aromatic rings. The molecule has 2 aliphatic heterocycles. The van der Waals surface area contributed by atoms with E-state index in [2.05, 4.69) is 43.5 Å². The van der Waals surface area contributed by atoms with Gasteiger partial charge in [-0.05, 0) is 17.9 Å². The van der Waals surface area contributed by atoms with E-state index in [1.54, 1.807) is 6.08 Å². The summed E-state index contributed by atoms with van der Waals surface area (Å²) < 4.78 is 0. The number of rotatable bonds is 2. The normalized spacial score (nSPS) is 23.1. The van der Waals surface area contributed by atoms with Gasteiger partial charge in [0, 0.05) is 24.2 Å². The number of amidine groups is 1. The van der Waals surface area contributed by atoms with E-state index in [4.69, 9.17) is 0 Å². The van der Waals surface area contributed by atoms with E-state index >= 15 is 0 Å². The second-order valence-corrected chi connectivity index (χ2v) is 5.43. The van der Waals surface area contributed by atoms with Gasteiger partial charge in [0.2, 0.25) is 0 Å². The topological polar surface area (TPSA) is 15.6 Å². The van der Waals surface area contributed by atoms with Crippen LogP contribution in [0.4, 0.5) is 0 Å². The molecule has 0 aliphatic carbocycles. The van der Waals surface area contributed by atoms with Crippen molar-refractivity contribution in [3.63, 3.8) is 0 Å². The molecule has 1 fully saturated rings. The molecule has 2 rings (SSSR count). The fraction of sp³-hybridized carbons (Fsp3) is 0.400. The van der Waals surface area contributed by atoms with Gasteiger partial charge in [0.25, 0.3) is 0 Å². The Labute approximate surface area is 104 Å². The van der Waals surface area contributed by atoms with Gasteiger partial charge in [0.15, 0.2) is 0 Å². The molecule has 2 nitrogen and oxygen atoms in total. The van der Waals surface area contributed by atoms with Gasteiger partial charge in [-0.15, -0.1) is 0 Å². The number of nitrogens with zero attached hydrogens (tertiary/aromatic N) is 2. The zero-order valence-corrected chi connectivity index (χ0v) is 10.8. The number of aliphatic imine (C=N–C) groups is 1. The summed E-state index contributed by atoms with van der Waals surface area (Å²) in [5.41, 5.74) is 3.23. The molecule has 0 aromatic heterocycles. The fourth-order valence-corrected chi connectivity index (χ4v) is 2.42. The summed E-state index contributed by atoms with van der Waals surface area (Å²) in [6, 6.07) is 0. The van der Waals surface area contributed by atoms with Gasteiger partial charge in [-0.25, -0.2) is 4.99 Å². The molecule has 0 aromatic carbocycles. The smallest absolute Gasteiger partial charge is 0.109 e. The molecule has 2 aliphatic rings. The van der Waals surface area contributed by atoms with Crippen molar-refractivity contribution in [1.82, 2.24) is 4.90 Å². The van der Waals surface area contributed by atoms with Crippen molar-refractivity contribution in [2.24, 2.45) is 10.4 Å². The largest absolute Gasteiger partial charge is 0.329 e. The molecule has 2 heteroatoms. The van der Waals surface area contributed by atoms with Crippen molar-refractivity contribution in [2.75, 3.05) is 6.54 Å². The molecule has 0 saturated carbocycles. The minimum Gasteiger partial charge on any atom is -0.329 e. The average Bonchev–Trinajstić information content (AvgIpc) is 2.29. The van der Waals surface area contributed by atoms with Crippen LogP contribution < -0.4 is 0 Å². The third kappa shape index (κ3) is 1.99. The van der Waals surface area contributed by atoms with Gasteiger partial charge in [-0.3, -0.25) is 0 Å². The van der Waals surface area contributed by atoms with Crippen LogP contribution in [0.2, 0.25) is 0 Å². The minimum atomic E-state index is 0.319. The zero-order valence-electron chi connectivity index (χ0n) is 10.8. The van der Waals surface area contributed by atoms with E-state index in [0.29, 0.717) is 5.41 Å². The predicted octanol–water partition coefficient (Wildman–Crippen LogP) is 3.66. The van der Waals surface area contributed by atoms with Crippen LogP contribution in [0, 0.1) is 5.41 Å². The first kappa shape index (κ1) is 11.9. The molecule has 0 radical (unpaired) electrons. The first-order valence-electron chi connectivity index (χ1n) is 6.02. The van der Waals surface area contributed by atoms with Crippen LogP contribution in [-0.4, -0.2) is 17.3 Å². The van der Waals surface area contributed by atoms with Gasteiger partial charge in [0.05, 0.1) is 5.70 Å². The quantitative estimate of drug-likeness (QED) is 0.704. The number of fused-ring (bicyclic) bond motifs is 1. The number of allylic oxidation sites excluding steroid dienone is 2. The molecule has 2 heterocycles. The summed E-state index contributed by atoms with van der Waals surface area (Å²) in [6.07, 6.45) is 5.78. The zero-order chi connectivity index (χ0) is 12.6. The third-order valence-corrected chi connectivity index (χ3v) is 3.48. The standard InChI is InChI=1S/C15H20N2/c1-6-12-11(3)17-10-15(4,5)9-8-14(17)16-13(12)7-2/h6-7H,1-3,8-10H2,4-5H3. The van der Waals surface area contributed by atoms with E-state index < -0.39 is 0 Å². The molecule has 0 amide bonds. The molecule has 0 N–H and O–H groups in total. The minimum absolute atomic E-state index is 0.319. The Hall–Kier alpha value is -1.57. The van der Waals surface area contributed by atoms with E-state index in [-0.39, 0.29) is 0 Å². The second-order valence-electron chi connectivity index (χ2n) is 5.43. The Morgan fingerprint density at radius 3 is 2.59 bits per heavy atom. The third-order valence-electron chi connectivity index (χ3n) is 3.48. The van der Waals surface area contributed by atoms with Crippen LogP contribution in [-0.2, 0) is 0 Å². The number of piperidine rings is 1. The molecule has 0 spiro atoms. The van der Waals surface area contributed by atoms with Crippen molar-refractivity contribution >= 4 is 5.84 Å². The van der Waals surface area contributed by atoms with Gasteiger partial charge in [-0.2, -0.15) is 0 Å².